The summed E-state index contributed by atoms with van der Waals surface area (Å²) in [6.07, 6.45) is -0.511. The predicted molar refractivity (Wildman–Crippen MR) is 161 cm³/mol. The van der Waals surface area contributed by atoms with E-state index in [9.17, 15) is 13.2 Å². The van der Waals surface area contributed by atoms with Crippen molar-refractivity contribution in [3.05, 3.63) is 90.0 Å². The first-order valence-electron chi connectivity index (χ1n) is 14.0. The Morgan fingerprint density at radius 3 is 2.45 bits per heavy atom. The van der Waals surface area contributed by atoms with Gasteiger partial charge in [-0.25, -0.2) is 13.4 Å². The van der Waals surface area contributed by atoms with Crippen LogP contribution in [0.4, 0.5) is 0 Å². The maximum atomic E-state index is 14.1. The quantitative estimate of drug-likeness (QED) is 0.266. The second-order valence-electron chi connectivity index (χ2n) is 10.6. The van der Waals surface area contributed by atoms with E-state index in [1.54, 1.807) is 79.9 Å². The Balaban J connectivity index is 1.77. The van der Waals surface area contributed by atoms with Gasteiger partial charge in [0.05, 0.1) is 24.4 Å². The summed E-state index contributed by atoms with van der Waals surface area (Å²) >= 11 is 0. The fourth-order valence-electron chi connectivity index (χ4n) is 4.66. The number of aliphatic hydroxyl groups is 1. The van der Waals surface area contributed by atoms with Gasteiger partial charge in [-0.05, 0) is 60.0 Å². The van der Waals surface area contributed by atoms with E-state index in [0.717, 1.165) is 0 Å². The van der Waals surface area contributed by atoms with E-state index >= 15 is 0 Å². The molecular weight excluding hydrogens is 556 g/mol. The number of carbonyl (C=O) groups is 1. The highest BCUT2D eigenvalue weighted by atomic mass is 32.2. The fraction of sp³-hybridized carbons (Fsp3) is 0.375. The Hall–Kier alpha value is -3.89. The van der Waals surface area contributed by atoms with Crippen molar-refractivity contribution in [3.8, 4) is 11.5 Å². The molecule has 0 saturated carbocycles. The summed E-state index contributed by atoms with van der Waals surface area (Å²) in [5.41, 5.74) is -0.329. The molecule has 3 aromatic carbocycles. The molecule has 0 aliphatic carbocycles. The van der Waals surface area contributed by atoms with Crippen molar-refractivity contribution in [1.29, 1.82) is 0 Å². The average molecular weight is 595 g/mol. The summed E-state index contributed by atoms with van der Waals surface area (Å²) in [5, 5.41) is 12.0. The van der Waals surface area contributed by atoms with Crippen LogP contribution in [0.25, 0.3) is 0 Å². The van der Waals surface area contributed by atoms with Crippen LogP contribution in [-0.4, -0.2) is 63.5 Å². The number of rotatable bonds is 14. The van der Waals surface area contributed by atoms with Crippen LogP contribution >= 0.6 is 0 Å². The summed E-state index contributed by atoms with van der Waals surface area (Å²) in [4.78, 5) is 19.1. The van der Waals surface area contributed by atoms with Crippen LogP contribution in [0.3, 0.4) is 0 Å². The van der Waals surface area contributed by atoms with Crippen LogP contribution in [0.2, 0.25) is 0 Å². The maximum Gasteiger partial charge on any atom is 0.252 e. The van der Waals surface area contributed by atoms with Gasteiger partial charge in [0.1, 0.15) is 11.5 Å². The van der Waals surface area contributed by atoms with E-state index in [2.05, 4.69) is 5.32 Å². The second kappa shape index (κ2) is 13.8. The molecule has 1 aliphatic rings. The minimum atomic E-state index is -3.73. The number of benzene rings is 3. The second-order valence-corrected chi connectivity index (χ2v) is 12.7. The predicted octanol–water partition coefficient (Wildman–Crippen LogP) is 4.35. The monoisotopic (exact) mass is 594 g/mol. The number of sulfone groups is 1. The van der Waals surface area contributed by atoms with E-state index in [0.29, 0.717) is 42.2 Å². The number of aliphatic hydroxyl groups excluding tert-OH is 1. The highest BCUT2D eigenvalue weighted by molar-refractivity contribution is 7.91. The molecule has 42 heavy (non-hydrogen) atoms. The van der Waals surface area contributed by atoms with Gasteiger partial charge in [-0.15, -0.1) is 0 Å². The van der Waals surface area contributed by atoms with Gasteiger partial charge in [-0.2, -0.15) is 0 Å². The number of hydrogen-bond acceptors (Lipinski definition) is 8. The Kier molecular flexibility index (Phi) is 10.2. The molecule has 0 unspecified atom stereocenters. The van der Waals surface area contributed by atoms with Gasteiger partial charge in [0.2, 0.25) is 5.90 Å². The van der Waals surface area contributed by atoms with Crippen LogP contribution in [0.1, 0.15) is 43.9 Å². The Morgan fingerprint density at radius 1 is 1.05 bits per heavy atom. The summed E-state index contributed by atoms with van der Waals surface area (Å²) in [6.45, 7) is 4.77. The van der Waals surface area contributed by atoms with Crippen LogP contribution in [-0.2, 0) is 19.4 Å². The number of nitrogens with one attached hydrogen (secondary N) is 1. The third-order valence-electron chi connectivity index (χ3n) is 6.95. The van der Waals surface area contributed by atoms with E-state index < -0.39 is 27.4 Å². The number of amides is 1. The minimum absolute atomic E-state index is 0.0370. The smallest absolute Gasteiger partial charge is 0.252 e. The molecule has 1 aliphatic heterocycles. The van der Waals surface area contributed by atoms with Crippen molar-refractivity contribution < 1.29 is 32.5 Å². The van der Waals surface area contributed by atoms with Crippen molar-refractivity contribution in [2.75, 3.05) is 32.6 Å². The molecule has 0 aromatic heterocycles. The maximum absolute atomic E-state index is 14.1. The van der Waals surface area contributed by atoms with E-state index in [4.69, 9.17) is 24.3 Å². The van der Waals surface area contributed by atoms with Crippen LogP contribution in [0.5, 0.6) is 11.5 Å². The Bertz CT molecular complexity index is 1470. The third kappa shape index (κ3) is 7.30. The van der Waals surface area contributed by atoms with Crippen molar-refractivity contribution in [2.45, 2.75) is 43.2 Å². The zero-order chi connectivity index (χ0) is 30.2. The fourth-order valence-corrected chi connectivity index (χ4v) is 6.05. The van der Waals surface area contributed by atoms with Gasteiger partial charge < -0.3 is 24.6 Å². The molecule has 1 heterocycles. The van der Waals surface area contributed by atoms with E-state index in [-0.39, 0.29) is 35.5 Å². The first-order chi connectivity index (χ1) is 20.2. The van der Waals surface area contributed by atoms with Crippen LogP contribution in [0.15, 0.2) is 88.8 Å². The van der Waals surface area contributed by atoms with Crippen LogP contribution in [0, 0.1) is 5.92 Å². The lowest BCUT2D eigenvalue weighted by Gasteiger charge is -2.31. The van der Waals surface area contributed by atoms with E-state index in [1.807, 2.05) is 19.9 Å². The summed E-state index contributed by atoms with van der Waals surface area (Å²) in [5.74, 6) is 0.850. The van der Waals surface area contributed by atoms with Crippen molar-refractivity contribution in [2.24, 2.45) is 10.9 Å². The molecule has 4 rings (SSSR count). The highest BCUT2D eigenvalue weighted by Gasteiger charge is 2.53. The third-order valence-corrected chi connectivity index (χ3v) is 8.68. The molecule has 0 saturated heterocycles. The first kappa shape index (κ1) is 31.1. The topological polar surface area (TPSA) is 124 Å². The average Bonchev–Trinajstić information content (AvgIpc) is 3.41. The minimum Gasteiger partial charge on any atom is -0.497 e. The number of aliphatic imine (C=N–C) groups is 1. The molecule has 3 aromatic rings. The van der Waals surface area contributed by atoms with Gasteiger partial charge in [0.25, 0.3) is 5.91 Å². The van der Waals surface area contributed by atoms with Gasteiger partial charge in [-0.3, -0.25) is 4.79 Å². The van der Waals surface area contributed by atoms with Crippen molar-refractivity contribution >= 4 is 21.6 Å². The molecule has 0 spiro atoms. The lowest BCUT2D eigenvalue weighted by molar-refractivity contribution is -0.129. The van der Waals surface area contributed by atoms with Crippen molar-refractivity contribution in [1.82, 2.24) is 5.32 Å². The molecule has 10 heteroatoms. The summed E-state index contributed by atoms with van der Waals surface area (Å²) in [6, 6.07) is 22.4. The number of methoxy groups -OCH3 is 1. The normalized spacial score (nSPS) is 18.3. The molecular formula is C32H38N2O7S. The molecule has 2 N–H and O–H groups in total. The molecule has 0 radical (unpaired) electrons. The Morgan fingerprint density at radius 2 is 1.79 bits per heavy atom. The van der Waals surface area contributed by atoms with Gasteiger partial charge in [-0.1, -0.05) is 44.2 Å². The molecule has 2 atom stereocenters. The van der Waals surface area contributed by atoms with Gasteiger partial charge in [0, 0.05) is 31.6 Å². The molecule has 9 nitrogen and oxygen atoms in total. The lowest BCUT2D eigenvalue weighted by atomic mass is 9.85. The lowest BCUT2D eigenvalue weighted by Crippen LogP contribution is -2.50. The van der Waals surface area contributed by atoms with Crippen molar-refractivity contribution in [3.63, 3.8) is 0 Å². The van der Waals surface area contributed by atoms with E-state index in [1.165, 1.54) is 0 Å². The zero-order valence-electron chi connectivity index (χ0n) is 24.2. The molecule has 1 amide bonds. The van der Waals surface area contributed by atoms with Gasteiger partial charge in [0.15, 0.2) is 21.5 Å². The SMILES string of the molecule is COc1cccc([C@H]2OC(c3ccc(OCCCO)cc3)=N[C@@]2(CCS(=O)(=O)c2ccccc2)C(=O)NCC(C)C)c1. The first-order valence-corrected chi connectivity index (χ1v) is 15.6. The largest absolute Gasteiger partial charge is 0.497 e. The number of nitrogens with zero attached hydrogens (tertiary/aromatic N) is 1. The number of hydrogen-bond donors (Lipinski definition) is 2. The standard InChI is InChI=1S/C32H38N2O7S/c1-23(2)22-33-31(36)32(17-20-42(37,38)28-11-5-4-6-12-28)29(25-9-7-10-27(21-25)39-3)41-30(34-32)24-13-15-26(16-14-24)40-19-8-18-35/h4-7,9-16,21,23,29,35H,8,17-20,22H2,1-3H3,(H,33,36)/t29-,32-/m1/s1. The Labute approximate surface area is 247 Å². The number of carbonyl (C=O) groups excluding carboxylic acids is 1. The van der Waals surface area contributed by atoms with Crippen LogP contribution < -0.4 is 14.8 Å². The molecule has 224 valence electrons. The number of ether oxygens (including phenoxy) is 3. The molecule has 0 fully saturated rings. The van der Waals surface area contributed by atoms with Gasteiger partial charge >= 0.3 is 0 Å². The highest BCUT2D eigenvalue weighted by Crippen LogP contribution is 2.43. The molecule has 0 bridgehead atoms. The zero-order valence-corrected chi connectivity index (χ0v) is 25.0. The summed E-state index contributed by atoms with van der Waals surface area (Å²) < 4.78 is 44.3. The summed E-state index contributed by atoms with van der Waals surface area (Å²) in [7, 11) is -2.18.